The van der Waals surface area contributed by atoms with Crippen molar-refractivity contribution in [1.82, 2.24) is 10.2 Å². The molecule has 1 saturated heterocycles. The summed E-state index contributed by atoms with van der Waals surface area (Å²) in [6.07, 6.45) is 5.55. The lowest BCUT2D eigenvalue weighted by Gasteiger charge is -2.30. The van der Waals surface area contributed by atoms with Gasteiger partial charge in [0.05, 0.1) is 6.54 Å². The van der Waals surface area contributed by atoms with E-state index in [-0.39, 0.29) is 36.1 Å². The van der Waals surface area contributed by atoms with Crippen LogP contribution >= 0.6 is 12.4 Å². The first kappa shape index (κ1) is 20.6. The van der Waals surface area contributed by atoms with E-state index in [1.165, 1.54) is 12.1 Å². The molecule has 1 amide bonds. The highest BCUT2D eigenvalue weighted by molar-refractivity contribution is 5.85. The number of carbonyl (C=O) groups is 2. The molecule has 1 atom stereocenters. The second-order valence-corrected chi connectivity index (χ2v) is 7.24. The monoisotopic (exact) mass is 384 g/mol. The van der Waals surface area contributed by atoms with Crippen LogP contribution < -0.4 is 5.32 Å². The lowest BCUT2D eigenvalue weighted by molar-refractivity contribution is -0.142. The van der Waals surface area contributed by atoms with Gasteiger partial charge < -0.3 is 10.4 Å². The van der Waals surface area contributed by atoms with Gasteiger partial charge in [-0.3, -0.25) is 14.5 Å². The summed E-state index contributed by atoms with van der Waals surface area (Å²) in [5, 5.41) is 12.2. The van der Waals surface area contributed by atoms with Gasteiger partial charge in [0, 0.05) is 12.0 Å². The van der Waals surface area contributed by atoms with Crippen LogP contribution in [-0.2, 0) is 15.0 Å². The highest BCUT2D eigenvalue weighted by Crippen LogP contribution is 2.40. The third-order valence-electron chi connectivity index (χ3n) is 5.64. The van der Waals surface area contributed by atoms with Gasteiger partial charge in [-0.2, -0.15) is 0 Å². The molecule has 3 rings (SSSR count). The summed E-state index contributed by atoms with van der Waals surface area (Å²) in [6.45, 7) is 1.28. The van der Waals surface area contributed by atoms with E-state index in [0.29, 0.717) is 19.5 Å². The molecule has 0 bridgehead atoms. The maximum absolute atomic E-state index is 13.2. The summed E-state index contributed by atoms with van der Waals surface area (Å²) >= 11 is 0. The third kappa shape index (κ3) is 4.54. The van der Waals surface area contributed by atoms with Gasteiger partial charge >= 0.3 is 5.97 Å². The van der Waals surface area contributed by atoms with Crippen molar-refractivity contribution in [3.63, 3.8) is 0 Å². The summed E-state index contributed by atoms with van der Waals surface area (Å²) in [4.78, 5) is 25.3. The SMILES string of the molecule is Cl.O=C(CN1CCC[C@@H]1C(=O)O)NCC1(c2ccc(F)cc2)CCCC1. The number of aliphatic carboxylic acids is 1. The minimum Gasteiger partial charge on any atom is -0.480 e. The number of carboxylic acids is 1. The zero-order chi connectivity index (χ0) is 17.9. The molecular formula is C19H26ClFN2O3. The molecule has 0 spiro atoms. The Morgan fingerprint density at radius 1 is 1.19 bits per heavy atom. The number of halogens is 2. The highest BCUT2D eigenvalue weighted by Gasteiger charge is 2.37. The van der Waals surface area contributed by atoms with Gasteiger partial charge in [-0.25, -0.2) is 4.39 Å². The standard InChI is InChI=1S/C19H25FN2O3.ClH/c20-15-7-5-14(6-8-15)19(9-1-2-10-19)13-21-17(23)12-22-11-3-4-16(22)18(24)25;/h5-8,16H,1-4,9-13H2,(H,21,23)(H,24,25);1H/t16-;/m1./s1. The fraction of sp³-hybridized carbons (Fsp3) is 0.579. The van der Waals surface area contributed by atoms with Gasteiger partial charge in [0.25, 0.3) is 0 Å². The molecule has 0 aromatic heterocycles. The molecular weight excluding hydrogens is 359 g/mol. The molecule has 1 aliphatic carbocycles. The number of amides is 1. The van der Waals surface area contributed by atoms with Crippen molar-refractivity contribution in [2.75, 3.05) is 19.6 Å². The Kier molecular flexibility index (Phi) is 7.01. The number of nitrogens with one attached hydrogen (secondary N) is 1. The average molecular weight is 385 g/mol. The predicted molar refractivity (Wildman–Crippen MR) is 99.0 cm³/mol. The lowest BCUT2D eigenvalue weighted by atomic mass is 9.79. The van der Waals surface area contributed by atoms with Crippen LogP contribution in [0.4, 0.5) is 4.39 Å². The molecule has 1 aromatic carbocycles. The molecule has 1 aromatic rings. The normalized spacial score (nSPS) is 22.0. The zero-order valence-corrected chi connectivity index (χ0v) is 15.6. The molecule has 0 radical (unpaired) electrons. The van der Waals surface area contributed by atoms with Crippen LogP contribution in [0.15, 0.2) is 24.3 Å². The van der Waals surface area contributed by atoms with E-state index in [2.05, 4.69) is 5.32 Å². The van der Waals surface area contributed by atoms with E-state index >= 15 is 0 Å². The summed E-state index contributed by atoms with van der Waals surface area (Å²) in [5.74, 6) is -1.25. The lowest BCUT2D eigenvalue weighted by Crippen LogP contribution is -2.46. The molecule has 5 nitrogen and oxygen atoms in total. The van der Waals surface area contributed by atoms with Crippen molar-refractivity contribution >= 4 is 24.3 Å². The Bertz CT molecular complexity index is 632. The van der Waals surface area contributed by atoms with Crippen LogP contribution in [0.5, 0.6) is 0 Å². The molecule has 26 heavy (non-hydrogen) atoms. The van der Waals surface area contributed by atoms with E-state index in [9.17, 15) is 19.1 Å². The van der Waals surface area contributed by atoms with E-state index in [4.69, 9.17) is 0 Å². The average Bonchev–Trinajstić information content (AvgIpc) is 3.23. The second-order valence-electron chi connectivity index (χ2n) is 7.24. The van der Waals surface area contributed by atoms with E-state index in [1.54, 1.807) is 4.90 Å². The van der Waals surface area contributed by atoms with E-state index < -0.39 is 12.0 Å². The van der Waals surface area contributed by atoms with Crippen LogP contribution in [0.2, 0.25) is 0 Å². The molecule has 0 unspecified atom stereocenters. The van der Waals surface area contributed by atoms with Crippen LogP contribution in [0, 0.1) is 5.82 Å². The quantitative estimate of drug-likeness (QED) is 0.791. The smallest absolute Gasteiger partial charge is 0.320 e. The maximum Gasteiger partial charge on any atom is 0.320 e. The molecule has 1 heterocycles. The fourth-order valence-electron chi connectivity index (χ4n) is 4.23. The summed E-state index contributed by atoms with van der Waals surface area (Å²) in [5.41, 5.74) is 0.928. The minimum absolute atomic E-state index is 0. The first-order chi connectivity index (χ1) is 12.0. The Labute approximate surface area is 159 Å². The van der Waals surface area contributed by atoms with E-state index in [1.807, 2.05) is 12.1 Å². The molecule has 144 valence electrons. The summed E-state index contributed by atoms with van der Waals surface area (Å²) < 4.78 is 13.2. The Hall–Kier alpha value is -1.66. The van der Waals surface area contributed by atoms with Crippen LogP contribution in [-0.4, -0.2) is 47.6 Å². The topological polar surface area (TPSA) is 69.6 Å². The number of rotatable bonds is 6. The number of nitrogens with zero attached hydrogens (tertiary/aromatic N) is 1. The number of carboxylic acid groups (broad SMARTS) is 1. The van der Waals surface area contributed by atoms with Crippen molar-refractivity contribution in [3.05, 3.63) is 35.6 Å². The fourth-order valence-corrected chi connectivity index (χ4v) is 4.23. The van der Waals surface area contributed by atoms with Gasteiger partial charge in [0.15, 0.2) is 0 Å². The van der Waals surface area contributed by atoms with Gasteiger partial charge in [-0.15, -0.1) is 12.4 Å². The molecule has 2 aliphatic rings. The number of likely N-dealkylation sites (tertiary alicyclic amines) is 1. The Morgan fingerprint density at radius 3 is 2.46 bits per heavy atom. The highest BCUT2D eigenvalue weighted by atomic mass is 35.5. The van der Waals surface area contributed by atoms with Crippen molar-refractivity contribution in [2.45, 2.75) is 50.0 Å². The first-order valence-corrected chi connectivity index (χ1v) is 9.00. The predicted octanol–water partition coefficient (Wildman–Crippen LogP) is 2.72. The summed E-state index contributed by atoms with van der Waals surface area (Å²) in [7, 11) is 0. The van der Waals surface area contributed by atoms with Crippen molar-refractivity contribution < 1.29 is 19.1 Å². The van der Waals surface area contributed by atoms with Crippen molar-refractivity contribution in [1.29, 1.82) is 0 Å². The summed E-state index contributed by atoms with van der Waals surface area (Å²) in [6, 6.07) is 6.02. The van der Waals surface area contributed by atoms with Gasteiger partial charge in [-0.1, -0.05) is 25.0 Å². The minimum atomic E-state index is -0.858. The zero-order valence-electron chi connectivity index (χ0n) is 14.7. The second kappa shape index (κ2) is 8.82. The number of benzene rings is 1. The molecule has 2 fully saturated rings. The Morgan fingerprint density at radius 2 is 1.85 bits per heavy atom. The number of hydrogen-bond acceptors (Lipinski definition) is 3. The van der Waals surface area contributed by atoms with Gasteiger partial charge in [0.1, 0.15) is 11.9 Å². The number of carbonyl (C=O) groups excluding carboxylic acids is 1. The third-order valence-corrected chi connectivity index (χ3v) is 5.64. The largest absolute Gasteiger partial charge is 0.480 e. The van der Waals surface area contributed by atoms with Crippen molar-refractivity contribution in [2.24, 2.45) is 0 Å². The molecule has 7 heteroatoms. The maximum atomic E-state index is 13.2. The van der Waals surface area contributed by atoms with Gasteiger partial charge in [0.2, 0.25) is 5.91 Å². The molecule has 1 saturated carbocycles. The Balaban J connectivity index is 0.00000243. The van der Waals surface area contributed by atoms with Crippen LogP contribution in [0.3, 0.4) is 0 Å². The number of hydrogen-bond donors (Lipinski definition) is 2. The van der Waals surface area contributed by atoms with Crippen LogP contribution in [0.25, 0.3) is 0 Å². The van der Waals surface area contributed by atoms with E-state index in [0.717, 1.165) is 37.7 Å². The molecule has 2 N–H and O–H groups in total. The van der Waals surface area contributed by atoms with Crippen LogP contribution in [0.1, 0.15) is 44.1 Å². The van der Waals surface area contributed by atoms with Gasteiger partial charge in [-0.05, 0) is 49.9 Å². The first-order valence-electron chi connectivity index (χ1n) is 9.00. The molecule has 1 aliphatic heterocycles. The van der Waals surface area contributed by atoms with Crippen molar-refractivity contribution in [3.8, 4) is 0 Å².